The Morgan fingerprint density at radius 1 is 0.871 bits per heavy atom. The highest BCUT2D eigenvalue weighted by molar-refractivity contribution is 5.35. The molecule has 172 valence electrons. The van der Waals surface area contributed by atoms with Crippen LogP contribution in [0.15, 0.2) is 24.3 Å². The first-order valence-corrected chi connectivity index (χ1v) is 13.3. The van der Waals surface area contributed by atoms with Crippen molar-refractivity contribution in [1.82, 2.24) is 0 Å². The summed E-state index contributed by atoms with van der Waals surface area (Å²) in [6, 6.07) is 11.8. The summed E-state index contributed by atoms with van der Waals surface area (Å²) in [6.45, 7) is 5.30. The first-order valence-electron chi connectivity index (χ1n) is 13.3. The van der Waals surface area contributed by atoms with Crippen LogP contribution in [-0.4, -0.2) is 6.61 Å². The van der Waals surface area contributed by atoms with Gasteiger partial charge in [0.25, 0.3) is 0 Å². The van der Waals surface area contributed by atoms with Crippen LogP contribution in [0.4, 0.5) is 0 Å². The van der Waals surface area contributed by atoms with E-state index in [4.69, 9.17) is 4.74 Å². The number of rotatable bonds is 11. The fourth-order valence-electron chi connectivity index (χ4n) is 6.45. The molecule has 1 aromatic carbocycles. The monoisotopic (exact) mass is 423 g/mol. The molecule has 1 aromatic rings. The molecule has 0 bridgehead atoms. The van der Waals surface area contributed by atoms with Gasteiger partial charge in [0, 0.05) is 5.41 Å². The van der Waals surface area contributed by atoms with Gasteiger partial charge in [0.15, 0.2) is 0 Å². The average molecular weight is 424 g/mol. The summed E-state index contributed by atoms with van der Waals surface area (Å²) in [7, 11) is 0. The Balaban J connectivity index is 1.84. The Bertz CT molecular complexity index is 674. The summed E-state index contributed by atoms with van der Waals surface area (Å²) >= 11 is 0. The van der Waals surface area contributed by atoms with E-state index in [9.17, 15) is 5.26 Å². The van der Waals surface area contributed by atoms with Gasteiger partial charge >= 0.3 is 0 Å². The van der Waals surface area contributed by atoms with Crippen molar-refractivity contribution in [2.24, 2.45) is 11.3 Å². The summed E-state index contributed by atoms with van der Waals surface area (Å²) < 4.78 is 5.93. The van der Waals surface area contributed by atoms with Gasteiger partial charge in [-0.25, -0.2) is 0 Å². The van der Waals surface area contributed by atoms with E-state index in [2.05, 4.69) is 44.2 Å². The van der Waals surface area contributed by atoms with Crippen LogP contribution < -0.4 is 4.74 Å². The zero-order valence-corrected chi connectivity index (χ0v) is 20.3. The SMILES string of the molecule is CCCCOc1ccc(C2(C(C#N)CC3(CCCC)CCCCC3)CCCCC2)cc1. The smallest absolute Gasteiger partial charge is 0.119 e. The maximum Gasteiger partial charge on any atom is 0.119 e. The van der Waals surface area contributed by atoms with Crippen LogP contribution in [-0.2, 0) is 5.41 Å². The number of unbranched alkanes of at least 4 members (excludes halogenated alkanes) is 2. The number of ether oxygens (including phenoxy) is 1. The maximum absolute atomic E-state index is 10.5. The van der Waals surface area contributed by atoms with E-state index in [1.165, 1.54) is 89.0 Å². The molecule has 0 N–H and O–H groups in total. The fraction of sp³-hybridized carbons (Fsp3) is 0.759. The van der Waals surface area contributed by atoms with Crippen molar-refractivity contribution >= 4 is 0 Å². The van der Waals surface area contributed by atoms with E-state index in [1.54, 1.807) is 0 Å². The fourth-order valence-corrected chi connectivity index (χ4v) is 6.45. The zero-order valence-electron chi connectivity index (χ0n) is 20.3. The van der Waals surface area contributed by atoms with E-state index in [0.717, 1.165) is 31.6 Å². The van der Waals surface area contributed by atoms with Gasteiger partial charge < -0.3 is 4.74 Å². The predicted molar refractivity (Wildman–Crippen MR) is 130 cm³/mol. The van der Waals surface area contributed by atoms with Crippen LogP contribution in [0.3, 0.4) is 0 Å². The molecule has 0 saturated heterocycles. The van der Waals surface area contributed by atoms with E-state index >= 15 is 0 Å². The lowest BCUT2D eigenvalue weighted by atomic mass is 9.56. The number of nitrogens with zero attached hydrogens (tertiary/aromatic N) is 1. The summed E-state index contributed by atoms with van der Waals surface area (Å²) in [5.74, 6) is 1.11. The van der Waals surface area contributed by atoms with Crippen LogP contribution in [0.25, 0.3) is 0 Å². The molecule has 0 aliphatic heterocycles. The number of hydrogen-bond donors (Lipinski definition) is 0. The molecular weight excluding hydrogens is 378 g/mol. The van der Waals surface area contributed by atoms with Gasteiger partial charge in [-0.05, 0) is 68.1 Å². The van der Waals surface area contributed by atoms with Crippen molar-refractivity contribution in [2.75, 3.05) is 6.61 Å². The molecule has 1 atom stereocenters. The number of hydrogen-bond acceptors (Lipinski definition) is 2. The number of nitriles is 1. The Morgan fingerprint density at radius 2 is 1.48 bits per heavy atom. The van der Waals surface area contributed by atoms with E-state index in [1.807, 2.05) is 0 Å². The molecule has 31 heavy (non-hydrogen) atoms. The predicted octanol–water partition coefficient (Wildman–Crippen LogP) is 8.74. The molecule has 2 saturated carbocycles. The molecule has 0 spiro atoms. The lowest BCUT2D eigenvalue weighted by Crippen LogP contribution is -2.40. The van der Waals surface area contributed by atoms with E-state index in [-0.39, 0.29) is 11.3 Å². The van der Waals surface area contributed by atoms with Crippen molar-refractivity contribution in [3.8, 4) is 11.8 Å². The van der Waals surface area contributed by atoms with Crippen molar-refractivity contribution in [1.29, 1.82) is 5.26 Å². The van der Waals surface area contributed by atoms with E-state index < -0.39 is 0 Å². The van der Waals surface area contributed by atoms with Gasteiger partial charge in [0.1, 0.15) is 5.75 Å². The lowest BCUT2D eigenvalue weighted by Gasteiger charge is -2.47. The van der Waals surface area contributed by atoms with E-state index in [0.29, 0.717) is 5.41 Å². The molecule has 3 rings (SSSR count). The Labute approximate surface area is 191 Å². The normalized spacial score (nSPS) is 21.2. The number of benzene rings is 1. The third-order valence-electron chi connectivity index (χ3n) is 8.38. The molecule has 0 radical (unpaired) electrons. The van der Waals surface area contributed by atoms with Crippen molar-refractivity contribution in [2.45, 2.75) is 122 Å². The first-order chi connectivity index (χ1) is 15.2. The third-order valence-corrected chi connectivity index (χ3v) is 8.38. The van der Waals surface area contributed by atoms with Gasteiger partial charge in [-0.15, -0.1) is 0 Å². The highest BCUT2D eigenvalue weighted by Gasteiger charge is 2.45. The summed E-state index contributed by atoms with van der Waals surface area (Å²) in [5, 5.41) is 10.5. The van der Waals surface area contributed by atoms with Gasteiger partial charge in [-0.1, -0.05) is 83.8 Å². The van der Waals surface area contributed by atoms with Gasteiger partial charge in [-0.2, -0.15) is 5.26 Å². The molecule has 2 aliphatic carbocycles. The van der Waals surface area contributed by atoms with Crippen molar-refractivity contribution < 1.29 is 4.74 Å². The molecule has 2 nitrogen and oxygen atoms in total. The average Bonchev–Trinajstić information content (AvgIpc) is 2.83. The minimum atomic E-state index is 0.0333. The van der Waals surface area contributed by atoms with Gasteiger partial charge in [-0.3, -0.25) is 0 Å². The van der Waals surface area contributed by atoms with Gasteiger partial charge in [0.2, 0.25) is 0 Å². The molecule has 1 unspecified atom stereocenters. The molecule has 0 amide bonds. The van der Waals surface area contributed by atoms with Crippen molar-refractivity contribution in [3.63, 3.8) is 0 Å². The second-order valence-corrected chi connectivity index (χ2v) is 10.5. The highest BCUT2D eigenvalue weighted by Crippen LogP contribution is 2.53. The Hall–Kier alpha value is -1.49. The molecule has 0 heterocycles. The van der Waals surface area contributed by atoms with Crippen LogP contribution >= 0.6 is 0 Å². The second kappa shape index (κ2) is 11.9. The standard InChI is InChI=1S/C29H45NO/c1-3-5-17-28(18-9-7-10-19-28)23-26(24-30)29(20-11-8-12-21-29)25-13-15-27(16-14-25)31-22-6-4-2/h13-16,26H,3-12,17-23H2,1-2H3. The minimum absolute atomic E-state index is 0.0333. The summed E-state index contributed by atoms with van der Waals surface area (Å²) in [5.41, 5.74) is 1.83. The summed E-state index contributed by atoms with van der Waals surface area (Å²) in [4.78, 5) is 0. The summed E-state index contributed by atoms with van der Waals surface area (Å²) in [6.07, 6.45) is 20.2. The van der Waals surface area contributed by atoms with Gasteiger partial charge in [0.05, 0.1) is 18.6 Å². The molecule has 2 fully saturated rings. The molecule has 2 aliphatic rings. The molecular formula is C29H45NO. The zero-order chi connectivity index (χ0) is 22.0. The Morgan fingerprint density at radius 3 is 2.06 bits per heavy atom. The van der Waals surface area contributed by atoms with Crippen LogP contribution in [0.2, 0.25) is 0 Å². The maximum atomic E-state index is 10.5. The van der Waals surface area contributed by atoms with Crippen LogP contribution in [0.1, 0.15) is 122 Å². The largest absolute Gasteiger partial charge is 0.494 e. The van der Waals surface area contributed by atoms with Crippen molar-refractivity contribution in [3.05, 3.63) is 29.8 Å². The molecule has 2 heteroatoms. The lowest BCUT2D eigenvalue weighted by molar-refractivity contribution is 0.0973. The topological polar surface area (TPSA) is 33.0 Å². The first kappa shape index (κ1) is 24.2. The quantitative estimate of drug-likeness (QED) is 0.333. The van der Waals surface area contributed by atoms with Crippen LogP contribution in [0.5, 0.6) is 5.75 Å². The Kier molecular flexibility index (Phi) is 9.30. The second-order valence-electron chi connectivity index (χ2n) is 10.5. The highest BCUT2D eigenvalue weighted by atomic mass is 16.5. The molecule has 0 aromatic heterocycles. The third kappa shape index (κ3) is 6.06. The minimum Gasteiger partial charge on any atom is -0.494 e. The van der Waals surface area contributed by atoms with Crippen LogP contribution in [0, 0.1) is 22.7 Å².